The Morgan fingerprint density at radius 3 is 3.07 bits per heavy atom. The standard InChI is InChI=1S/C23H27N5O/c1-15-4-3-11-28(14-15)17-8-9-18-16(12-17)7-10-21(18)26-23(29)25-20-5-2-6-22-19(20)13-24-27-22/h2,5-6,8-9,12-13,15,21H,3-4,7,10-11,14H2,1H3,(H,24,27)(H2,25,26,29). The van der Waals surface area contributed by atoms with E-state index in [9.17, 15) is 4.79 Å². The van der Waals surface area contributed by atoms with Gasteiger partial charge in [0.15, 0.2) is 0 Å². The number of urea groups is 1. The van der Waals surface area contributed by atoms with Gasteiger partial charge in [-0.3, -0.25) is 5.10 Å². The van der Waals surface area contributed by atoms with Crippen molar-refractivity contribution in [3.63, 3.8) is 0 Å². The summed E-state index contributed by atoms with van der Waals surface area (Å²) in [5.41, 5.74) is 5.61. The van der Waals surface area contributed by atoms with Crippen LogP contribution < -0.4 is 15.5 Å². The van der Waals surface area contributed by atoms with Crippen molar-refractivity contribution >= 4 is 28.3 Å². The predicted octanol–water partition coefficient (Wildman–Crippen LogP) is 4.61. The first-order valence-electron chi connectivity index (χ1n) is 10.5. The van der Waals surface area contributed by atoms with Crippen LogP contribution >= 0.6 is 0 Å². The van der Waals surface area contributed by atoms with E-state index in [2.05, 4.69) is 50.9 Å². The minimum absolute atomic E-state index is 0.0582. The Morgan fingerprint density at radius 1 is 1.24 bits per heavy atom. The van der Waals surface area contributed by atoms with Crippen LogP contribution in [0.25, 0.3) is 10.9 Å². The molecule has 1 aliphatic carbocycles. The number of nitrogens with zero attached hydrogens (tertiary/aromatic N) is 2. The molecular formula is C23H27N5O. The molecule has 3 N–H and O–H groups in total. The molecule has 3 aromatic rings. The minimum Gasteiger partial charge on any atom is -0.371 e. The van der Waals surface area contributed by atoms with Crippen molar-refractivity contribution in [2.75, 3.05) is 23.3 Å². The van der Waals surface area contributed by atoms with E-state index >= 15 is 0 Å². The lowest BCUT2D eigenvalue weighted by molar-refractivity contribution is 0.248. The van der Waals surface area contributed by atoms with Gasteiger partial charge in [-0.15, -0.1) is 0 Å². The Balaban J connectivity index is 1.28. The molecule has 6 heteroatoms. The molecule has 0 spiro atoms. The van der Waals surface area contributed by atoms with Crippen molar-refractivity contribution in [3.05, 3.63) is 53.7 Å². The Morgan fingerprint density at radius 2 is 2.17 bits per heavy atom. The van der Waals surface area contributed by atoms with E-state index in [1.54, 1.807) is 6.20 Å². The number of amides is 2. The molecule has 1 aliphatic heterocycles. The second kappa shape index (κ2) is 7.43. The Labute approximate surface area is 170 Å². The van der Waals surface area contributed by atoms with Crippen molar-refractivity contribution in [1.82, 2.24) is 15.5 Å². The molecule has 29 heavy (non-hydrogen) atoms. The Kier molecular flexibility index (Phi) is 4.62. The number of nitrogens with one attached hydrogen (secondary N) is 3. The molecule has 6 nitrogen and oxygen atoms in total. The zero-order chi connectivity index (χ0) is 19.8. The van der Waals surface area contributed by atoms with Crippen molar-refractivity contribution in [2.24, 2.45) is 5.92 Å². The number of rotatable bonds is 3. The number of anilines is 2. The number of H-pyrrole nitrogens is 1. The molecular weight excluding hydrogens is 362 g/mol. The van der Waals surface area contributed by atoms with E-state index in [4.69, 9.17) is 0 Å². The maximum Gasteiger partial charge on any atom is 0.319 e. The third-order valence-corrected chi connectivity index (χ3v) is 6.26. The summed E-state index contributed by atoms with van der Waals surface area (Å²) < 4.78 is 0. The lowest BCUT2D eigenvalue weighted by Crippen LogP contribution is -2.34. The smallest absolute Gasteiger partial charge is 0.319 e. The summed E-state index contributed by atoms with van der Waals surface area (Å²) in [5.74, 6) is 0.759. The number of benzene rings is 2. The van der Waals surface area contributed by atoms with Crippen LogP contribution in [-0.4, -0.2) is 29.3 Å². The van der Waals surface area contributed by atoms with Gasteiger partial charge in [-0.1, -0.05) is 19.1 Å². The fraction of sp³-hybridized carbons (Fsp3) is 0.391. The lowest BCUT2D eigenvalue weighted by atomic mass is 9.99. The summed E-state index contributed by atoms with van der Waals surface area (Å²) in [4.78, 5) is 15.1. The second-order valence-corrected chi connectivity index (χ2v) is 8.40. The monoisotopic (exact) mass is 389 g/mol. The number of aromatic amines is 1. The average Bonchev–Trinajstić information content (AvgIpc) is 3.35. The van der Waals surface area contributed by atoms with Gasteiger partial charge in [-0.2, -0.15) is 5.10 Å². The van der Waals surface area contributed by atoms with Crippen LogP contribution in [0.4, 0.5) is 16.2 Å². The number of fused-ring (bicyclic) bond motifs is 2. The first kappa shape index (κ1) is 18.0. The van der Waals surface area contributed by atoms with Crippen molar-refractivity contribution < 1.29 is 4.79 Å². The maximum atomic E-state index is 12.6. The molecule has 2 aliphatic rings. The van der Waals surface area contributed by atoms with Gasteiger partial charge in [0.2, 0.25) is 0 Å². The van der Waals surface area contributed by atoms with Gasteiger partial charge in [0.25, 0.3) is 0 Å². The molecule has 2 amide bonds. The highest BCUT2D eigenvalue weighted by molar-refractivity contribution is 6.00. The first-order valence-corrected chi connectivity index (χ1v) is 10.5. The van der Waals surface area contributed by atoms with Gasteiger partial charge in [0.05, 0.1) is 23.4 Å². The number of aryl methyl sites for hydroxylation is 1. The number of carbonyl (C=O) groups excluding carboxylic acids is 1. The minimum atomic E-state index is -0.175. The SMILES string of the molecule is CC1CCCN(c2ccc3c(c2)CCC3NC(=O)Nc2cccc3[nH]ncc23)C1. The highest BCUT2D eigenvalue weighted by Gasteiger charge is 2.26. The van der Waals surface area contributed by atoms with E-state index in [0.717, 1.165) is 48.4 Å². The summed E-state index contributed by atoms with van der Waals surface area (Å²) in [6.45, 7) is 4.62. The van der Waals surface area contributed by atoms with Crippen molar-refractivity contribution in [2.45, 2.75) is 38.6 Å². The molecule has 1 fully saturated rings. The quantitative estimate of drug-likeness (QED) is 0.612. The number of carbonyl (C=O) groups is 1. The molecule has 0 saturated carbocycles. The third-order valence-electron chi connectivity index (χ3n) is 6.26. The van der Waals surface area contributed by atoms with Crippen LogP contribution in [0.15, 0.2) is 42.6 Å². The highest BCUT2D eigenvalue weighted by Crippen LogP contribution is 2.35. The fourth-order valence-corrected chi connectivity index (χ4v) is 4.77. The zero-order valence-corrected chi connectivity index (χ0v) is 16.7. The Hall–Kier alpha value is -3.02. The zero-order valence-electron chi connectivity index (χ0n) is 16.7. The molecule has 0 radical (unpaired) electrons. The topological polar surface area (TPSA) is 73.1 Å². The van der Waals surface area contributed by atoms with E-state index in [1.807, 2.05) is 18.2 Å². The predicted molar refractivity (Wildman–Crippen MR) is 116 cm³/mol. The van der Waals surface area contributed by atoms with Gasteiger partial charge < -0.3 is 15.5 Å². The van der Waals surface area contributed by atoms with E-state index in [1.165, 1.54) is 29.7 Å². The average molecular weight is 390 g/mol. The fourth-order valence-electron chi connectivity index (χ4n) is 4.77. The molecule has 0 bridgehead atoms. The normalized spacial score (nSPS) is 21.2. The van der Waals surface area contributed by atoms with Crippen LogP contribution in [-0.2, 0) is 6.42 Å². The summed E-state index contributed by atoms with van der Waals surface area (Å²) in [7, 11) is 0. The Bertz CT molecular complexity index is 1040. The van der Waals surface area contributed by atoms with Crippen LogP contribution in [0.3, 0.4) is 0 Å². The summed E-state index contributed by atoms with van der Waals surface area (Å²) in [6.07, 6.45) is 6.28. The van der Waals surface area contributed by atoms with Gasteiger partial charge >= 0.3 is 6.03 Å². The van der Waals surface area contributed by atoms with Gasteiger partial charge in [-0.25, -0.2) is 4.79 Å². The molecule has 5 rings (SSSR count). The van der Waals surface area contributed by atoms with E-state index < -0.39 is 0 Å². The molecule has 1 aromatic heterocycles. The summed E-state index contributed by atoms with van der Waals surface area (Å²) >= 11 is 0. The number of piperidine rings is 1. The largest absolute Gasteiger partial charge is 0.371 e. The van der Waals surface area contributed by atoms with E-state index in [-0.39, 0.29) is 12.1 Å². The van der Waals surface area contributed by atoms with Crippen LogP contribution in [0, 0.1) is 5.92 Å². The van der Waals surface area contributed by atoms with Crippen LogP contribution in [0.5, 0.6) is 0 Å². The number of hydrogen-bond acceptors (Lipinski definition) is 3. The van der Waals surface area contributed by atoms with Crippen LogP contribution in [0.1, 0.15) is 43.4 Å². The molecule has 150 valence electrons. The molecule has 2 unspecified atom stereocenters. The van der Waals surface area contributed by atoms with Crippen molar-refractivity contribution in [1.29, 1.82) is 0 Å². The molecule has 2 heterocycles. The van der Waals surface area contributed by atoms with Gasteiger partial charge in [0, 0.05) is 24.2 Å². The second-order valence-electron chi connectivity index (χ2n) is 8.40. The molecule has 1 saturated heterocycles. The van der Waals surface area contributed by atoms with Gasteiger partial charge in [0.1, 0.15) is 0 Å². The van der Waals surface area contributed by atoms with E-state index in [0.29, 0.717) is 0 Å². The van der Waals surface area contributed by atoms with Crippen molar-refractivity contribution in [3.8, 4) is 0 Å². The summed E-state index contributed by atoms with van der Waals surface area (Å²) in [6, 6.07) is 12.4. The maximum absolute atomic E-state index is 12.6. The summed E-state index contributed by atoms with van der Waals surface area (Å²) in [5, 5.41) is 14.0. The van der Waals surface area contributed by atoms with Gasteiger partial charge in [-0.05, 0) is 67.0 Å². The highest BCUT2D eigenvalue weighted by atomic mass is 16.2. The van der Waals surface area contributed by atoms with Crippen LogP contribution in [0.2, 0.25) is 0 Å². The number of hydrogen-bond donors (Lipinski definition) is 3. The lowest BCUT2D eigenvalue weighted by Gasteiger charge is -2.33. The molecule has 2 aromatic carbocycles. The number of aromatic nitrogens is 2. The third kappa shape index (κ3) is 3.55. The first-order chi connectivity index (χ1) is 14.2. The molecule has 2 atom stereocenters.